The molecule has 0 bridgehead atoms. The first-order valence-corrected chi connectivity index (χ1v) is 19.9. The van der Waals surface area contributed by atoms with Crippen molar-refractivity contribution in [3.8, 4) is 0 Å². The van der Waals surface area contributed by atoms with Crippen molar-refractivity contribution in [2.24, 2.45) is 45.3 Å². The minimum absolute atomic E-state index is 0.0291. The van der Waals surface area contributed by atoms with Crippen LogP contribution < -0.4 is 0 Å². The van der Waals surface area contributed by atoms with E-state index in [9.17, 15) is 14.7 Å². The fraction of sp³-hybridized carbons (Fsp3) is 0.950. The van der Waals surface area contributed by atoms with E-state index in [4.69, 9.17) is 18.9 Å². The van der Waals surface area contributed by atoms with E-state index in [0.717, 1.165) is 64.9 Å². The molecule has 0 radical (unpaired) electrons. The minimum Gasteiger partial charge on any atom is -0.457 e. The Bertz CT molecular complexity index is 1320. The van der Waals surface area contributed by atoms with Gasteiger partial charge in [-0.1, -0.05) is 20.8 Å². The third kappa shape index (κ3) is 5.20. The van der Waals surface area contributed by atoms with E-state index in [1.165, 1.54) is 26.2 Å². The molecule has 12 atom stereocenters. The first-order valence-electron chi connectivity index (χ1n) is 19.9. The number of aliphatic hydroxyl groups is 1. The molecule has 0 amide bonds. The molecular weight excluding hydrogens is 620 g/mol. The normalized spacial score (nSPS) is 47.3. The van der Waals surface area contributed by atoms with Gasteiger partial charge in [0.25, 0.3) is 0 Å². The quantitative estimate of drug-likeness (QED) is 0.363. The zero-order valence-corrected chi connectivity index (χ0v) is 31.5. The van der Waals surface area contributed by atoms with Crippen LogP contribution in [0.15, 0.2) is 0 Å². The Hall–Kier alpha value is -1.10. The van der Waals surface area contributed by atoms with E-state index < -0.39 is 29.9 Å². The summed E-state index contributed by atoms with van der Waals surface area (Å²) in [5, 5.41) is 10.9. The number of rotatable bonds is 7. The second-order valence-electron chi connectivity index (χ2n) is 19.6. The zero-order valence-electron chi connectivity index (χ0n) is 31.5. The van der Waals surface area contributed by atoms with Crippen LogP contribution in [0.25, 0.3) is 0 Å². The molecule has 11 unspecified atom stereocenters. The number of carbonyl (C=O) groups is 2. The van der Waals surface area contributed by atoms with Crippen molar-refractivity contribution >= 4 is 11.8 Å². The van der Waals surface area contributed by atoms with Crippen molar-refractivity contribution in [2.45, 2.75) is 162 Å². The van der Waals surface area contributed by atoms with Crippen LogP contribution in [0.4, 0.5) is 0 Å². The summed E-state index contributed by atoms with van der Waals surface area (Å²) in [6.07, 6.45) is 7.97. The van der Waals surface area contributed by atoms with Gasteiger partial charge in [0.1, 0.15) is 6.10 Å². The Morgan fingerprint density at radius 2 is 1.71 bits per heavy atom. The molecule has 49 heavy (non-hydrogen) atoms. The molecule has 3 heterocycles. The van der Waals surface area contributed by atoms with Gasteiger partial charge in [-0.2, -0.15) is 0 Å². The van der Waals surface area contributed by atoms with Gasteiger partial charge in [0.15, 0.2) is 18.2 Å². The number of fused-ring (bicyclic) bond motifs is 4. The number of hydrogen-bond acceptors (Lipinski definition) is 9. The number of ketones is 1. The fourth-order valence-corrected chi connectivity index (χ4v) is 13.7. The maximum atomic E-state index is 14.6. The van der Waals surface area contributed by atoms with Gasteiger partial charge in [0.2, 0.25) is 0 Å². The number of likely N-dealkylation sites (tertiary alicyclic amines) is 1. The highest BCUT2D eigenvalue weighted by Crippen LogP contribution is 2.87. The number of hydrogen-bond donors (Lipinski definition) is 1. The summed E-state index contributed by atoms with van der Waals surface area (Å²) in [7, 11) is 0. The van der Waals surface area contributed by atoms with Crippen LogP contribution >= 0.6 is 0 Å². The molecule has 8 fully saturated rings. The van der Waals surface area contributed by atoms with Crippen molar-refractivity contribution in [2.75, 3.05) is 32.8 Å². The Labute approximate surface area is 294 Å². The predicted octanol–water partition coefficient (Wildman–Crippen LogP) is 5.21. The number of morpholine rings is 1. The molecule has 8 aliphatic rings. The van der Waals surface area contributed by atoms with Gasteiger partial charge >= 0.3 is 5.97 Å². The van der Waals surface area contributed by atoms with Crippen LogP contribution in [0.1, 0.15) is 113 Å². The number of carbonyl (C=O) groups excluding carboxylic acids is 2. The van der Waals surface area contributed by atoms with E-state index in [1.54, 1.807) is 13.8 Å². The number of esters is 1. The molecule has 9 nitrogen and oxygen atoms in total. The van der Waals surface area contributed by atoms with Gasteiger partial charge in [0, 0.05) is 51.1 Å². The van der Waals surface area contributed by atoms with Gasteiger partial charge in [-0.25, -0.2) is 0 Å². The maximum Gasteiger partial charge on any atom is 0.303 e. The fourth-order valence-electron chi connectivity index (χ4n) is 13.7. The lowest BCUT2D eigenvalue weighted by atomic mass is 9.46. The molecule has 5 aliphatic carbocycles. The van der Waals surface area contributed by atoms with Crippen LogP contribution in [-0.4, -0.2) is 108 Å². The number of ether oxygens (including phenoxy) is 4. The van der Waals surface area contributed by atoms with E-state index >= 15 is 0 Å². The van der Waals surface area contributed by atoms with Crippen molar-refractivity contribution in [3.63, 3.8) is 0 Å². The van der Waals surface area contributed by atoms with Crippen LogP contribution in [0, 0.1) is 45.3 Å². The van der Waals surface area contributed by atoms with Crippen molar-refractivity contribution in [3.05, 3.63) is 0 Å². The second-order valence-corrected chi connectivity index (χ2v) is 19.6. The Morgan fingerprint density at radius 1 is 0.980 bits per heavy atom. The lowest BCUT2D eigenvalue weighted by Gasteiger charge is -2.59. The van der Waals surface area contributed by atoms with Crippen LogP contribution in [0.2, 0.25) is 0 Å². The van der Waals surface area contributed by atoms with Gasteiger partial charge in [0.05, 0.1) is 24.4 Å². The van der Waals surface area contributed by atoms with Crippen molar-refractivity contribution in [1.29, 1.82) is 0 Å². The smallest absolute Gasteiger partial charge is 0.303 e. The molecule has 5 saturated carbocycles. The molecule has 9 heteroatoms. The first-order chi connectivity index (χ1) is 23.0. The van der Waals surface area contributed by atoms with Crippen LogP contribution in [0.3, 0.4) is 0 Å². The third-order valence-electron chi connectivity index (χ3n) is 16.2. The summed E-state index contributed by atoms with van der Waals surface area (Å²) in [6, 6.07) is 1.23. The summed E-state index contributed by atoms with van der Waals surface area (Å²) in [5.41, 5.74) is -0.698. The molecule has 3 aliphatic heterocycles. The molecule has 1 N–H and O–H groups in total. The van der Waals surface area contributed by atoms with Gasteiger partial charge in [-0.05, 0) is 125 Å². The molecule has 8 rings (SSSR count). The standard InChI is InChI=1S/C40H64N2O7/c1-23(2)42-19-25(20-42)41-17-18-46-31(21-41)49-30-13-14-40-22-39(40)16-15-38(8)27-9-11-28(35(37(6,7)45)47-24(3)43)48-34(27)33(44)32(38)26(39)10-12-29(40)36(30,4)5/h23,25-32,34-35,45H,9-22H2,1-8H3/t26?,27?,28?,29?,30?,31?,32?,34?,35?,38?,39-,40?/m0/s1. The minimum atomic E-state index is -1.26. The summed E-state index contributed by atoms with van der Waals surface area (Å²) in [6.45, 7) is 21.5. The largest absolute Gasteiger partial charge is 0.457 e. The molecule has 0 aromatic heterocycles. The monoisotopic (exact) mass is 684 g/mol. The highest BCUT2D eigenvalue weighted by molar-refractivity contribution is 5.90. The Morgan fingerprint density at radius 3 is 2.41 bits per heavy atom. The molecule has 0 aromatic carbocycles. The highest BCUT2D eigenvalue weighted by atomic mass is 16.7. The van der Waals surface area contributed by atoms with Gasteiger partial charge < -0.3 is 24.1 Å². The summed E-state index contributed by atoms with van der Waals surface area (Å²) >= 11 is 0. The number of nitrogens with zero attached hydrogens (tertiary/aromatic N) is 2. The summed E-state index contributed by atoms with van der Waals surface area (Å²) in [5.74, 6) is 1.09. The van der Waals surface area contributed by atoms with E-state index in [0.29, 0.717) is 35.8 Å². The number of Topliss-reactive ketones (excluding diaryl/α,β-unsaturated/α-hetero) is 1. The molecule has 3 saturated heterocycles. The Kier molecular flexibility index (Phi) is 8.35. The maximum absolute atomic E-state index is 14.6. The lowest BCUT2D eigenvalue weighted by molar-refractivity contribution is -0.250. The van der Waals surface area contributed by atoms with Crippen molar-refractivity contribution in [1.82, 2.24) is 9.80 Å². The van der Waals surface area contributed by atoms with Crippen molar-refractivity contribution < 1.29 is 33.6 Å². The average Bonchev–Trinajstić information content (AvgIpc) is 3.61. The molecule has 0 aromatic rings. The zero-order chi connectivity index (χ0) is 34.9. The van der Waals surface area contributed by atoms with E-state index in [1.807, 2.05) is 0 Å². The predicted molar refractivity (Wildman–Crippen MR) is 184 cm³/mol. The third-order valence-corrected chi connectivity index (χ3v) is 16.2. The Balaban J connectivity index is 0.959. The van der Waals surface area contributed by atoms with E-state index in [-0.39, 0.29) is 46.3 Å². The molecule has 2 spiro atoms. The summed E-state index contributed by atoms with van der Waals surface area (Å²) < 4.78 is 25.5. The molecular formula is C40H64N2O7. The topological polar surface area (TPSA) is 97.8 Å². The SMILES string of the molecule is CC(=O)OC(C1CCC2C(O1)C(=O)C1C3CCC4C(C)(C)C(OC5CN(C6CN(C(C)C)C6)CCO5)CCC45C[C@@]35CCC21C)C(C)(C)O. The lowest BCUT2D eigenvalue weighted by Crippen LogP contribution is -2.64. The molecule has 276 valence electrons. The van der Waals surface area contributed by atoms with Gasteiger partial charge in [-0.15, -0.1) is 0 Å². The summed E-state index contributed by atoms with van der Waals surface area (Å²) in [4.78, 5) is 31.7. The first kappa shape index (κ1) is 35.0. The van der Waals surface area contributed by atoms with E-state index in [2.05, 4.69) is 44.4 Å². The average molecular weight is 685 g/mol. The van der Waals surface area contributed by atoms with Gasteiger partial charge in [-0.3, -0.25) is 19.4 Å². The highest BCUT2D eigenvalue weighted by Gasteiger charge is 2.82. The van der Waals surface area contributed by atoms with Crippen LogP contribution in [0.5, 0.6) is 0 Å². The van der Waals surface area contributed by atoms with Crippen LogP contribution in [-0.2, 0) is 28.5 Å². The second kappa shape index (κ2) is 11.7.